The minimum Gasteiger partial charge on any atom is -0.497 e. The van der Waals surface area contributed by atoms with Crippen molar-refractivity contribution in [1.82, 2.24) is 10.2 Å². The van der Waals surface area contributed by atoms with Crippen molar-refractivity contribution in [3.8, 4) is 5.75 Å². The number of aliphatic hydroxyl groups excluding tert-OH is 1. The summed E-state index contributed by atoms with van der Waals surface area (Å²) in [5.41, 5.74) is 0.672. The molecule has 42 heavy (non-hydrogen) atoms. The van der Waals surface area contributed by atoms with Crippen molar-refractivity contribution in [1.29, 1.82) is 0 Å². The van der Waals surface area contributed by atoms with E-state index in [4.69, 9.17) is 14.2 Å². The van der Waals surface area contributed by atoms with Gasteiger partial charge in [0.2, 0.25) is 5.91 Å². The molecule has 0 saturated carbocycles. The van der Waals surface area contributed by atoms with Crippen molar-refractivity contribution < 1.29 is 38.5 Å². The summed E-state index contributed by atoms with van der Waals surface area (Å²) in [6.45, 7) is 6.40. The summed E-state index contributed by atoms with van der Waals surface area (Å²) in [6.07, 6.45) is 3.95. The molecule has 10 nitrogen and oxygen atoms in total. The van der Waals surface area contributed by atoms with E-state index in [1.807, 2.05) is 4.90 Å². The highest BCUT2D eigenvalue weighted by molar-refractivity contribution is 5.97. The van der Waals surface area contributed by atoms with Crippen LogP contribution in [0.25, 0.3) is 0 Å². The molecule has 2 aliphatic heterocycles. The standard InChI is InChI=1S/C32H44N2O8/c1-21(16-25(35)19-34-12-14-41-15-13-34)31(39)33-28(29(37)23-8-10-26(40-3)11-9-23)27(36)18-24(17-22-6-4-5-7-22)30(38)32(2)20-42-32/h6,8-11,21,24,28-29,37H,4-5,7,12-20H2,1-3H3,(H,33,39). The number of methoxy groups -OCH3 is 1. The summed E-state index contributed by atoms with van der Waals surface area (Å²) in [5, 5.41) is 14.1. The summed E-state index contributed by atoms with van der Waals surface area (Å²) < 4.78 is 16.0. The summed E-state index contributed by atoms with van der Waals surface area (Å²) in [6, 6.07) is 5.30. The third-order valence-electron chi connectivity index (χ3n) is 8.46. The lowest BCUT2D eigenvalue weighted by Gasteiger charge is -2.28. The Morgan fingerprint density at radius 2 is 1.81 bits per heavy atom. The molecule has 1 aliphatic carbocycles. The molecule has 5 atom stereocenters. The van der Waals surface area contributed by atoms with Gasteiger partial charge in [-0.1, -0.05) is 30.7 Å². The molecule has 0 radical (unpaired) electrons. The first-order valence-electron chi connectivity index (χ1n) is 14.9. The maximum atomic E-state index is 13.9. The van der Waals surface area contributed by atoms with Crippen LogP contribution in [0, 0.1) is 11.8 Å². The molecular formula is C32H44N2O8. The molecule has 5 unspecified atom stereocenters. The zero-order valence-corrected chi connectivity index (χ0v) is 24.9. The number of amides is 1. The fourth-order valence-corrected chi connectivity index (χ4v) is 5.68. The Morgan fingerprint density at radius 1 is 1.12 bits per heavy atom. The van der Waals surface area contributed by atoms with E-state index in [2.05, 4.69) is 11.4 Å². The Bertz CT molecular complexity index is 1150. The Morgan fingerprint density at radius 3 is 2.40 bits per heavy atom. The highest BCUT2D eigenvalue weighted by atomic mass is 16.6. The van der Waals surface area contributed by atoms with Crippen LogP contribution in [-0.2, 0) is 28.7 Å². The number of aliphatic hydroxyl groups is 1. The van der Waals surface area contributed by atoms with Crippen molar-refractivity contribution in [2.75, 3.05) is 46.6 Å². The Kier molecular flexibility index (Phi) is 11.1. The lowest BCUT2D eigenvalue weighted by Crippen LogP contribution is -2.48. The van der Waals surface area contributed by atoms with Crippen molar-refractivity contribution in [3.63, 3.8) is 0 Å². The molecule has 2 heterocycles. The second kappa shape index (κ2) is 14.5. The zero-order chi connectivity index (χ0) is 30.3. The fraction of sp³-hybridized carbons (Fsp3) is 0.625. The SMILES string of the molecule is COc1ccc(C(O)C(NC(=O)C(C)CC(=O)CN2CCOCC2)C(=O)CC(CC2=CCCC2)C(=O)C2(C)CO2)cc1. The van der Waals surface area contributed by atoms with Gasteiger partial charge < -0.3 is 24.6 Å². The number of ketones is 3. The maximum Gasteiger partial charge on any atom is 0.223 e. The van der Waals surface area contributed by atoms with Gasteiger partial charge >= 0.3 is 0 Å². The second-order valence-electron chi connectivity index (χ2n) is 11.9. The molecule has 2 saturated heterocycles. The fourth-order valence-electron chi connectivity index (χ4n) is 5.68. The number of carbonyl (C=O) groups is 4. The molecule has 0 bridgehead atoms. The van der Waals surface area contributed by atoms with Crippen LogP contribution < -0.4 is 10.1 Å². The van der Waals surface area contributed by atoms with Crippen LogP contribution in [0.15, 0.2) is 35.9 Å². The summed E-state index contributed by atoms with van der Waals surface area (Å²) in [7, 11) is 1.53. The van der Waals surface area contributed by atoms with Gasteiger partial charge in [-0.15, -0.1) is 0 Å². The Balaban J connectivity index is 1.48. The van der Waals surface area contributed by atoms with Crippen molar-refractivity contribution >= 4 is 23.3 Å². The summed E-state index contributed by atoms with van der Waals surface area (Å²) in [4.78, 5) is 55.3. The molecule has 2 fully saturated rings. The summed E-state index contributed by atoms with van der Waals surface area (Å²) >= 11 is 0. The highest BCUT2D eigenvalue weighted by Crippen LogP contribution is 2.36. The topological polar surface area (TPSA) is 135 Å². The Labute approximate surface area is 247 Å². The molecule has 230 valence electrons. The van der Waals surface area contributed by atoms with Crippen LogP contribution in [0.3, 0.4) is 0 Å². The number of rotatable bonds is 16. The van der Waals surface area contributed by atoms with E-state index in [9.17, 15) is 24.3 Å². The number of carbonyl (C=O) groups excluding carboxylic acids is 4. The number of morpholine rings is 1. The first-order valence-corrected chi connectivity index (χ1v) is 14.9. The lowest BCUT2D eigenvalue weighted by molar-refractivity contribution is -0.136. The average molecular weight is 585 g/mol. The monoisotopic (exact) mass is 584 g/mol. The highest BCUT2D eigenvalue weighted by Gasteiger charge is 2.50. The van der Waals surface area contributed by atoms with E-state index in [-0.39, 0.29) is 31.0 Å². The number of benzene rings is 1. The van der Waals surface area contributed by atoms with Crippen molar-refractivity contribution in [2.24, 2.45) is 11.8 Å². The molecule has 1 aromatic carbocycles. The van der Waals surface area contributed by atoms with Crippen LogP contribution >= 0.6 is 0 Å². The van der Waals surface area contributed by atoms with Crippen LogP contribution in [0.5, 0.6) is 5.75 Å². The summed E-state index contributed by atoms with van der Waals surface area (Å²) in [5.74, 6) is -1.91. The van der Waals surface area contributed by atoms with E-state index in [1.54, 1.807) is 38.1 Å². The number of hydrogen-bond acceptors (Lipinski definition) is 9. The number of ether oxygens (including phenoxy) is 3. The molecule has 4 rings (SSSR count). The number of nitrogens with zero attached hydrogens (tertiary/aromatic N) is 1. The van der Waals surface area contributed by atoms with Crippen molar-refractivity contribution in [3.05, 3.63) is 41.5 Å². The quantitative estimate of drug-likeness (QED) is 0.222. The molecule has 1 amide bonds. The lowest BCUT2D eigenvalue weighted by atomic mass is 9.82. The maximum absolute atomic E-state index is 13.9. The van der Waals surface area contributed by atoms with Gasteiger partial charge in [-0.25, -0.2) is 0 Å². The van der Waals surface area contributed by atoms with Gasteiger partial charge in [-0.3, -0.25) is 24.1 Å². The third kappa shape index (κ3) is 8.56. The van der Waals surface area contributed by atoms with Crippen LogP contribution in [-0.4, -0.2) is 91.5 Å². The van der Waals surface area contributed by atoms with Crippen molar-refractivity contribution in [2.45, 2.75) is 70.1 Å². The number of hydrogen-bond donors (Lipinski definition) is 2. The van der Waals surface area contributed by atoms with Crippen LogP contribution in [0.2, 0.25) is 0 Å². The van der Waals surface area contributed by atoms with Gasteiger partial charge in [-0.05, 0) is 50.3 Å². The molecule has 10 heteroatoms. The number of epoxide rings is 1. The zero-order valence-electron chi connectivity index (χ0n) is 24.9. The van der Waals surface area contributed by atoms with Gasteiger partial charge in [0, 0.05) is 37.8 Å². The minimum atomic E-state index is -1.36. The smallest absolute Gasteiger partial charge is 0.223 e. The van der Waals surface area contributed by atoms with Gasteiger partial charge in [-0.2, -0.15) is 0 Å². The number of allylic oxidation sites excluding steroid dienone is 2. The van der Waals surface area contributed by atoms with E-state index >= 15 is 0 Å². The van der Waals surface area contributed by atoms with Crippen LogP contribution in [0.1, 0.15) is 64.0 Å². The molecule has 0 spiro atoms. The van der Waals surface area contributed by atoms with E-state index < -0.39 is 41.3 Å². The van der Waals surface area contributed by atoms with E-state index in [0.717, 1.165) is 24.8 Å². The van der Waals surface area contributed by atoms with Gasteiger partial charge in [0.1, 0.15) is 29.3 Å². The third-order valence-corrected chi connectivity index (χ3v) is 8.46. The van der Waals surface area contributed by atoms with E-state index in [0.29, 0.717) is 50.6 Å². The van der Waals surface area contributed by atoms with Gasteiger partial charge in [0.05, 0.1) is 33.5 Å². The average Bonchev–Trinajstić information content (AvgIpc) is 3.53. The van der Waals surface area contributed by atoms with Gasteiger partial charge in [0.15, 0.2) is 11.6 Å². The van der Waals surface area contributed by atoms with Crippen LogP contribution in [0.4, 0.5) is 0 Å². The molecular weight excluding hydrogens is 540 g/mol. The first-order chi connectivity index (χ1) is 20.1. The molecule has 0 aromatic heterocycles. The number of nitrogens with one attached hydrogen (secondary N) is 1. The Hall–Kier alpha value is -2.92. The minimum absolute atomic E-state index is 0.00763. The van der Waals surface area contributed by atoms with Gasteiger partial charge in [0.25, 0.3) is 0 Å². The molecule has 1 aromatic rings. The predicted octanol–water partition coefficient (Wildman–Crippen LogP) is 2.57. The normalized spacial score (nSPS) is 23.3. The second-order valence-corrected chi connectivity index (χ2v) is 11.9. The molecule has 2 N–H and O–H groups in total. The largest absolute Gasteiger partial charge is 0.497 e. The molecule has 3 aliphatic rings. The van der Waals surface area contributed by atoms with E-state index in [1.165, 1.54) is 7.11 Å². The predicted molar refractivity (Wildman–Crippen MR) is 155 cm³/mol. The number of Topliss-reactive ketones (excluding diaryl/α,β-unsaturated/α-hetero) is 3. The first kappa shape index (κ1) is 32.0.